The molecule has 1 N–H and O–H groups in total. The largest absolute Gasteiger partial charge is 0.483 e. The summed E-state index contributed by atoms with van der Waals surface area (Å²) in [5.74, 6) is 4.58. The van der Waals surface area contributed by atoms with Crippen molar-refractivity contribution in [1.29, 1.82) is 5.26 Å². The monoisotopic (exact) mass is 321 g/mol. The zero-order valence-electron chi connectivity index (χ0n) is 13.9. The average molecular weight is 321 g/mol. The SMILES string of the molecule is Cc1cccc(Oc2ccc3c(c2)CC(C)B(C#N)C3)c1.O=CO. The minimum atomic E-state index is -0.250. The number of benzene rings is 2. The fraction of sp³-hybridized carbons (Fsp3) is 0.263. The van der Waals surface area contributed by atoms with Gasteiger partial charge in [-0.15, -0.1) is 0 Å². The molecule has 1 aliphatic rings. The number of hydrogen-bond donors (Lipinski definition) is 1. The third kappa shape index (κ3) is 4.39. The number of fused-ring (bicyclic) bond motifs is 1. The summed E-state index contributed by atoms with van der Waals surface area (Å²) in [6, 6.07) is 14.3. The number of carboxylic acid groups (broad SMARTS) is 1. The fourth-order valence-electron chi connectivity index (χ4n) is 2.97. The van der Waals surface area contributed by atoms with Crippen LogP contribution in [0, 0.1) is 18.2 Å². The molecule has 0 saturated carbocycles. The van der Waals surface area contributed by atoms with E-state index < -0.39 is 0 Å². The molecule has 0 spiro atoms. The Labute approximate surface area is 142 Å². The van der Waals surface area contributed by atoms with Crippen LogP contribution in [0.25, 0.3) is 0 Å². The Kier molecular flexibility index (Phi) is 6.03. The minimum absolute atomic E-state index is 0.140. The van der Waals surface area contributed by atoms with Crippen molar-refractivity contribution in [2.24, 2.45) is 0 Å². The summed E-state index contributed by atoms with van der Waals surface area (Å²) in [6.07, 6.45) is 1.82. The highest BCUT2D eigenvalue weighted by molar-refractivity contribution is 6.68. The van der Waals surface area contributed by atoms with E-state index in [2.05, 4.69) is 38.0 Å². The molecule has 2 aromatic carbocycles. The highest BCUT2D eigenvalue weighted by Crippen LogP contribution is 2.32. The second-order valence-corrected chi connectivity index (χ2v) is 6.08. The molecule has 0 aromatic heterocycles. The van der Waals surface area contributed by atoms with Gasteiger partial charge in [0.25, 0.3) is 13.2 Å². The van der Waals surface area contributed by atoms with Crippen LogP contribution < -0.4 is 4.74 Å². The number of hydrogen-bond acceptors (Lipinski definition) is 3. The Morgan fingerprint density at radius 3 is 2.62 bits per heavy atom. The maximum atomic E-state index is 9.19. The third-order valence-electron chi connectivity index (χ3n) is 4.24. The summed E-state index contributed by atoms with van der Waals surface area (Å²) >= 11 is 0. The van der Waals surface area contributed by atoms with Crippen LogP contribution in [-0.4, -0.2) is 18.3 Å². The molecule has 4 nitrogen and oxygen atoms in total. The standard InChI is InChI=1S/C18H18BNO.CH2O2/c1-13-4-3-5-17(8-13)21-18-7-6-15-11-19(12-20)14(2)9-16(15)10-18;2-1-3/h3-8,10,14H,9,11H2,1-2H3;1H,(H,2,3). The summed E-state index contributed by atoms with van der Waals surface area (Å²) in [7, 11) is 0. The normalized spacial score (nSPS) is 15.4. The van der Waals surface area contributed by atoms with Gasteiger partial charge in [0.05, 0.1) is 0 Å². The van der Waals surface area contributed by atoms with Gasteiger partial charge < -0.3 is 9.84 Å². The van der Waals surface area contributed by atoms with Crippen LogP contribution in [0.3, 0.4) is 0 Å². The molecule has 1 unspecified atom stereocenters. The van der Waals surface area contributed by atoms with Gasteiger partial charge >= 0.3 is 0 Å². The molecule has 2 aromatic rings. The minimum Gasteiger partial charge on any atom is -0.483 e. The average Bonchev–Trinajstić information content (AvgIpc) is 2.55. The number of rotatable bonds is 2. The maximum Gasteiger partial charge on any atom is 0.290 e. The molecule has 0 aliphatic carbocycles. The Morgan fingerprint density at radius 2 is 1.96 bits per heavy atom. The summed E-state index contributed by atoms with van der Waals surface area (Å²) in [5, 5.41) is 16.1. The Bertz CT molecular complexity index is 755. The Morgan fingerprint density at radius 1 is 1.25 bits per heavy atom. The van der Waals surface area contributed by atoms with Crippen LogP contribution in [0.15, 0.2) is 42.5 Å². The lowest BCUT2D eigenvalue weighted by Crippen LogP contribution is -2.27. The molecule has 0 amide bonds. The second-order valence-electron chi connectivity index (χ2n) is 6.08. The van der Waals surface area contributed by atoms with Crippen LogP contribution in [0.4, 0.5) is 0 Å². The molecule has 0 saturated heterocycles. The first-order valence-corrected chi connectivity index (χ1v) is 7.91. The molecular formula is C19H20BNO3. The Balaban J connectivity index is 0.000000647. The van der Waals surface area contributed by atoms with E-state index in [1.54, 1.807) is 0 Å². The van der Waals surface area contributed by atoms with Gasteiger partial charge in [0.15, 0.2) is 0 Å². The molecule has 24 heavy (non-hydrogen) atoms. The van der Waals surface area contributed by atoms with Crippen LogP contribution in [0.1, 0.15) is 23.6 Å². The van der Waals surface area contributed by atoms with Crippen LogP contribution >= 0.6 is 0 Å². The lowest BCUT2D eigenvalue weighted by atomic mass is 9.37. The molecule has 5 heteroatoms. The highest BCUT2D eigenvalue weighted by atomic mass is 16.5. The number of carbonyl (C=O) groups is 1. The van der Waals surface area contributed by atoms with Crippen molar-refractivity contribution in [3.05, 3.63) is 59.2 Å². The number of nitriles is 1. The second kappa shape index (κ2) is 8.21. The van der Waals surface area contributed by atoms with Gasteiger partial charge in [0.1, 0.15) is 11.5 Å². The summed E-state index contributed by atoms with van der Waals surface area (Å²) in [6.45, 7) is 4.11. The molecule has 0 radical (unpaired) electrons. The highest BCUT2D eigenvalue weighted by Gasteiger charge is 2.29. The predicted molar refractivity (Wildman–Crippen MR) is 94.6 cm³/mol. The van der Waals surface area contributed by atoms with Gasteiger partial charge in [-0.25, -0.2) is 5.26 Å². The van der Waals surface area contributed by atoms with E-state index in [0.29, 0.717) is 5.82 Å². The van der Waals surface area contributed by atoms with Crippen LogP contribution in [-0.2, 0) is 17.5 Å². The molecule has 122 valence electrons. The van der Waals surface area contributed by atoms with E-state index in [-0.39, 0.29) is 13.2 Å². The summed E-state index contributed by atoms with van der Waals surface area (Å²) in [5.41, 5.74) is 3.80. The lowest BCUT2D eigenvalue weighted by Gasteiger charge is -2.24. The molecule has 0 bridgehead atoms. The van der Waals surface area contributed by atoms with E-state index >= 15 is 0 Å². The van der Waals surface area contributed by atoms with Gasteiger partial charge in [-0.3, -0.25) is 4.79 Å². The summed E-state index contributed by atoms with van der Waals surface area (Å²) < 4.78 is 5.95. The number of ether oxygens (including phenoxy) is 1. The van der Waals surface area contributed by atoms with Gasteiger partial charge in [-0.1, -0.05) is 30.7 Å². The van der Waals surface area contributed by atoms with Crippen LogP contribution in [0.2, 0.25) is 5.82 Å². The van der Waals surface area contributed by atoms with Crippen molar-refractivity contribution < 1.29 is 14.6 Å². The zero-order valence-corrected chi connectivity index (χ0v) is 13.9. The van der Waals surface area contributed by atoms with Crippen LogP contribution in [0.5, 0.6) is 11.5 Å². The van der Waals surface area contributed by atoms with E-state index in [0.717, 1.165) is 24.2 Å². The van der Waals surface area contributed by atoms with Gasteiger partial charge in [0.2, 0.25) is 0 Å². The lowest BCUT2D eigenvalue weighted by molar-refractivity contribution is -0.122. The van der Waals surface area contributed by atoms with Crippen molar-refractivity contribution in [2.75, 3.05) is 0 Å². The summed E-state index contributed by atoms with van der Waals surface area (Å²) in [4.78, 5) is 8.36. The van der Waals surface area contributed by atoms with Gasteiger partial charge in [-0.2, -0.15) is 0 Å². The van der Waals surface area contributed by atoms with Gasteiger partial charge in [0, 0.05) is 5.97 Å². The molecule has 1 aliphatic heterocycles. The Hall–Kier alpha value is -2.74. The molecule has 1 heterocycles. The quantitative estimate of drug-likeness (QED) is 0.668. The molecule has 1 atom stereocenters. The molecule has 3 rings (SSSR count). The van der Waals surface area contributed by atoms with E-state index in [9.17, 15) is 5.26 Å². The van der Waals surface area contributed by atoms with E-state index in [1.807, 2.05) is 24.3 Å². The number of aryl methyl sites for hydroxylation is 1. The van der Waals surface area contributed by atoms with Crippen molar-refractivity contribution >= 4 is 13.2 Å². The fourth-order valence-corrected chi connectivity index (χ4v) is 2.97. The number of nitrogens with zero attached hydrogens (tertiary/aromatic N) is 1. The zero-order chi connectivity index (χ0) is 17.5. The first-order chi connectivity index (χ1) is 11.6. The van der Waals surface area contributed by atoms with Crippen molar-refractivity contribution in [2.45, 2.75) is 32.4 Å². The van der Waals surface area contributed by atoms with Gasteiger partial charge in [-0.05, 0) is 60.9 Å². The maximum absolute atomic E-state index is 9.19. The van der Waals surface area contributed by atoms with E-state index in [4.69, 9.17) is 14.6 Å². The van der Waals surface area contributed by atoms with Crippen molar-refractivity contribution in [1.82, 2.24) is 0 Å². The van der Waals surface area contributed by atoms with E-state index in [1.165, 1.54) is 16.7 Å². The third-order valence-corrected chi connectivity index (χ3v) is 4.24. The first kappa shape index (κ1) is 17.6. The topological polar surface area (TPSA) is 70.3 Å². The van der Waals surface area contributed by atoms with Crippen molar-refractivity contribution in [3.63, 3.8) is 0 Å². The molecular weight excluding hydrogens is 301 g/mol. The van der Waals surface area contributed by atoms with Crippen molar-refractivity contribution in [3.8, 4) is 17.5 Å². The molecule has 0 fully saturated rings. The first-order valence-electron chi connectivity index (χ1n) is 7.91. The smallest absolute Gasteiger partial charge is 0.290 e. The predicted octanol–water partition coefficient (Wildman–Crippen LogP) is 4.07.